The molecule has 0 aromatic heterocycles. The molecule has 0 spiro atoms. The van der Waals surface area contributed by atoms with Crippen LogP contribution >= 0.6 is 0 Å². The summed E-state index contributed by atoms with van der Waals surface area (Å²) < 4.78 is 5.49. The highest BCUT2D eigenvalue weighted by molar-refractivity contribution is 5.67. The van der Waals surface area contributed by atoms with Crippen LogP contribution in [-0.4, -0.2) is 18.7 Å². The van der Waals surface area contributed by atoms with Crippen LogP contribution in [0, 0.1) is 11.3 Å². The highest BCUT2D eigenvalue weighted by atomic mass is 16.6. The largest absolute Gasteiger partial charge is 0.446 e. The number of amides is 1. The van der Waals surface area contributed by atoms with Crippen LogP contribution in [0.4, 0.5) is 4.79 Å². The van der Waals surface area contributed by atoms with Crippen molar-refractivity contribution in [1.29, 1.82) is 0 Å². The molecule has 3 heteroatoms. The normalized spacial score (nSPS) is 27.5. The van der Waals surface area contributed by atoms with E-state index >= 15 is 0 Å². The van der Waals surface area contributed by atoms with Crippen LogP contribution in [0.2, 0.25) is 0 Å². The molecule has 1 saturated carbocycles. The standard InChI is InChI=1S/C14H27NO2/c1-5-6-7-15-13(16)17-12-8-11(2)9-14(3,4)10-12/h11-12H,5-10H2,1-4H3,(H,15,16)/t11-,12+/m0/s1. The maximum atomic E-state index is 11.6. The van der Waals surface area contributed by atoms with Gasteiger partial charge in [0.1, 0.15) is 6.10 Å². The topological polar surface area (TPSA) is 38.3 Å². The van der Waals surface area contributed by atoms with E-state index in [1.807, 2.05) is 0 Å². The molecule has 1 aliphatic carbocycles. The second kappa shape index (κ2) is 6.27. The van der Waals surface area contributed by atoms with Gasteiger partial charge in [0.05, 0.1) is 0 Å². The van der Waals surface area contributed by atoms with E-state index in [-0.39, 0.29) is 12.2 Å². The van der Waals surface area contributed by atoms with Crippen LogP contribution in [0.5, 0.6) is 0 Å². The first-order chi connectivity index (χ1) is 7.93. The van der Waals surface area contributed by atoms with Gasteiger partial charge >= 0.3 is 6.09 Å². The Morgan fingerprint density at radius 2 is 2.12 bits per heavy atom. The van der Waals surface area contributed by atoms with E-state index in [1.54, 1.807) is 0 Å². The number of carbonyl (C=O) groups excluding carboxylic acids is 1. The molecule has 1 aliphatic rings. The van der Waals surface area contributed by atoms with E-state index in [4.69, 9.17) is 4.74 Å². The zero-order chi connectivity index (χ0) is 12.9. The molecule has 0 bridgehead atoms. The van der Waals surface area contributed by atoms with Crippen LogP contribution in [0.15, 0.2) is 0 Å². The lowest BCUT2D eigenvalue weighted by atomic mass is 9.71. The van der Waals surface area contributed by atoms with E-state index < -0.39 is 0 Å². The van der Waals surface area contributed by atoms with Gasteiger partial charge in [-0.3, -0.25) is 0 Å². The lowest BCUT2D eigenvalue weighted by Gasteiger charge is -2.38. The predicted molar refractivity (Wildman–Crippen MR) is 70.0 cm³/mol. The van der Waals surface area contributed by atoms with Gasteiger partial charge in [-0.25, -0.2) is 4.79 Å². The average molecular weight is 241 g/mol. The van der Waals surface area contributed by atoms with Gasteiger partial charge in [0.25, 0.3) is 0 Å². The molecule has 0 unspecified atom stereocenters. The Bertz CT molecular complexity index is 251. The van der Waals surface area contributed by atoms with Crippen molar-refractivity contribution in [3.05, 3.63) is 0 Å². The molecule has 1 N–H and O–H groups in total. The van der Waals surface area contributed by atoms with Gasteiger partial charge in [-0.05, 0) is 37.0 Å². The minimum atomic E-state index is -0.242. The summed E-state index contributed by atoms with van der Waals surface area (Å²) in [4.78, 5) is 11.6. The maximum Gasteiger partial charge on any atom is 0.407 e. The Balaban J connectivity index is 2.32. The van der Waals surface area contributed by atoms with Gasteiger partial charge in [0.2, 0.25) is 0 Å². The third-order valence-corrected chi connectivity index (χ3v) is 3.42. The van der Waals surface area contributed by atoms with E-state index in [2.05, 4.69) is 33.0 Å². The first kappa shape index (κ1) is 14.3. The fourth-order valence-electron chi connectivity index (χ4n) is 2.91. The van der Waals surface area contributed by atoms with Gasteiger partial charge in [0.15, 0.2) is 0 Å². The summed E-state index contributed by atoms with van der Waals surface area (Å²) in [7, 11) is 0. The maximum absolute atomic E-state index is 11.6. The van der Waals surface area contributed by atoms with Gasteiger partial charge < -0.3 is 10.1 Å². The summed E-state index contributed by atoms with van der Waals surface area (Å²) in [6.07, 6.45) is 5.17. The van der Waals surface area contributed by atoms with Crippen LogP contribution in [0.3, 0.4) is 0 Å². The van der Waals surface area contributed by atoms with Crippen LogP contribution < -0.4 is 5.32 Å². The molecule has 1 amide bonds. The van der Waals surface area contributed by atoms with Crippen molar-refractivity contribution >= 4 is 6.09 Å². The first-order valence-corrected chi connectivity index (χ1v) is 6.87. The highest BCUT2D eigenvalue weighted by Gasteiger charge is 2.33. The van der Waals surface area contributed by atoms with E-state index in [9.17, 15) is 4.79 Å². The molecular formula is C14H27NO2. The minimum absolute atomic E-state index is 0.0929. The van der Waals surface area contributed by atoms with Crippen molar-refractivity contribution in [3.8, 4) is 0 Å². The molecule has 0 aliphatic heterocycles. The van der Waals surface area contributed by atoms with Crippen LogP contribution in [0.25, 0.3) is 0 Å². The first-order valence-electron chi connectivity index (χ1n) is 6.87. The van der Waals surface area contributed by atoms with Gasteiger partial charge in [-0.2, -0.15) is 0 Å². The molecule has 0 heterocycles. The molecular weight excluding hydrogens is 214 g/mol. The molecule has 2 atom stereocenters. The van der Waals surface area contributed by atoms with E-state index in [0.29, 0.717) is 11.3 Å². The molecule has 17 heavy (non-hydrogen) atoms. The number of alkyl carbamates (subject to hydrolysis) is 1. The second-order valence-corrected chi connectivity index (χ2v) is 6.22. The Hall–Kier alpha value is -0.730. The SMILES string of the molecule is CCCCNC(=O)O[C@@H]1C[C@H](C)CC(C)(C)C1. The third kappa shape index (κ3) is 5.42. The van der Waals surface area contributed by atoms with Crippen molar-refractivity contribution < 1.29 is 9.53 Å². The Labute approximate surface area is 105 Å². The van der Waals surface area contributed by atoms with Crippen LogP contribution in [0.1, 0.15) is 59.8 Å². The smallest absolute Gasteiger partial charge is 0.407 e. The van der Waals surface area contributed by atoms with Gasteiger partial charge in [0, 0.05) is 6.54 Å². The summed E-state index contributed by atoms with van der Waals surface area (Å²) in [6, 6.07) is 0. The second-order valence-electron chi connectivity index (χ2n) is 6.22. The number of carbonyl (C=O) groups is 1. The third-order valence-electron chi connectivity index (χ3n) is 3.42. The lowest BCUT2D eigenvalue weighted by Crippen LogP contribution is -2.37. The Morgan fingerprint density at radius 1 is 1.41 bits per heavy atom. The summed E-state index contributed by atoms with van der Waals surface area (Å²) in [5, 5.41) is 2.81. The summed E-state index contributed by atoms with van der Waals surface area (Å²) in [5.41, 5.74) is 0.298. The van der Waals surface area contributed by atoms with Gasteiger partial charge in [-0.1, -0.05) is 34.1 Å². The minimum Gasteiger partial charge on any atom is -0.446 e. The summed E-state index contributed by atoms with van der Waals surface area (Å²) in [5.74, 6) is 0.646. The molecule has 3 nitrogen and oxygen atoms in total. The Kier molecular flexibility index (Phi) is 5.29. The van der Waals surface area contributed by atoms with Crippen molar-refractivity contribution in [2.24, 2.45) is 11.3 Å². The molecule has 1 fully saturated rings. The molecule has 0 aromatic carbocycles. The number of hydrogen-bond donors (Lipinski definition) is 1. The molecule has 100 valence electrons. The van der Waals surface area contributed by atoms with E-state index in [1.165, 1.54) is 6.42 Å². The number of hydrogen-bond acceptors (Lipinski definition) is 2. The number of rotatable bonds is 4. The van der Waals surface area contributed by atoms with Crippen molar-refractivity contribution in [2.75, 3.05) is 6.54 Å². The van der Waals surface area contributed by atoms with Gasteiger partial charge in [-0.15, -0.1) is 0 Å². The van der Waals surface area contributed by atoms with Crippen molar-refractivity contribution in [1.82, 2.24) is 5.32 Å². The molecule has 0 aromatic rings. The number of nitrogens with one attached hydrogen (secondary N) is 1. The zero-order valence-electron chi connectivity index (χ0n) is 11.7. The Morgan fingerprint density at radius 3 is 2.71 bits per heavy atom. The fraction of sp³-hybridized carbons (Fsp3) is 0.929. The predicted octanol–water partition coefficient (Wildman–Crippen LogP) is 3.73. The highest BCUT2D eigenvalue weighted by Crippen LogP contribution is 2.39. The number of ether oxygens (including phenoxy) is 1. The summed E-state index contributed by atoms with van der Waals surface area (Å²) in [6.45, 7) is 9.59. The van der Waals surface area contributed by atoms with Crippen molar-refractivity contribution in [2.45, 2.75) is 65.9 Å². The fourth-order valence-corrected chi connectivity index (χ4v) is 2.91. The summed E-state index contributed by atoms with van der Waals surface area (Å²) >= 11 is 0. The lowest BCUT2D eigenvalue weighted by molar-refractivity contribution is 0.0188. The molecule has 0 radical (unpaired) electrons. The quantitative estimate of drug-likeness (QED) is 0.762. The van der Waals surface area contributed by atoms with Crippen LogP contribution in [-0.2, 0) is 4.74 Å². The van der Waals surface area contributed by atoms with E-state index in [0.717, 1.165) is 32.2 Å². The zero-order valence-corrected chi connectivity index (χ0v) is 11.7. The molecule has 0 saturated heterocycles. The molecule has 1 rings (SSSR count). The number of unbranched alkanes of at least 4 members (excludes halogenated alkanes) is 1. The monoisotopic (exact) mass is 241 g/mol. The average Bonchev–Trinajstić information content (AvgIpc) is 2.14. The van der Waals surface area contributed by atoms with Crippen molar-refractivity contribution in [3.63, 3.8) is 0 Å².